The average molecular weight is 616 g/mol. The van der Waals surface area contributed by atoms with Crippen LogP contribution in [0.2, 0.25) is 0 Å². The summed E-state index contributed by atoms with van der Waals surface area (Å²) in [7, 11) is 4.74. The number of methoxy groups -OCH3 is 3. The number of fused-ring (bicyclic) bond motifs is 3. The van der Waals surface area contributed by atoms with Gasteiger partial charge in [-0.2, -0.15) is 0 Å². The molecule has 0 saturated carbocycles. The van der Waals surface area contributed by atoms with E-state index in [0.717, 1.165) is 33.4 Å². The second-order valence-corrected chi connectivity index (χ2v) is 9.75. The Morgan fingerprint density at radius 3 is 0.933 bits per heavy atom. The first-order valence-corrected chi connectivity index (χ1v) is 14.0. The molecule has 0 aromatic heterocycles. The van der Waals surface area contributed by atoms with Crippen molar-refractivity contribution in [2.24, 2.45) is 15.3 Å². The zero-order chi connectivity index (χ0) is 32.0. The van der Waals surface area contributed by atoms with E-state index in [9.17, 15) is 0 Å². The molecule has 0 N–H and O–H groups in total. The van der Waals surface area contributed by atoms with Gasteiger partial charge in [-0.25, -0.2) is 0 Å². The van der Waals surface area contributed by atoms with Crippen molar-refractivity contribution >= 4 is 0 Å². The van der Waals surface area contributed by atoms with Gasteiger partial charge in [0.1, 0.15) is 0 Å². The molecule has 15 heteroatoms. The van der Waals surface area contributed by atoms with E-state index in [1.54, 1.807) is 21.3 Å². The minimum Gasteiger partial charge on any atom is -0.493 e. The third-order valence-corrected chi connectivity index (χ3v) is 7.14. The van der Waals surface area contributed by atoms with Crippen LogP contribution in [-0.2, 0) is 19.3 Å². The van der Waals surface area contributed by atoms with Crippen LogP contribution in [0.15, 0.2) is 51.7 Å². The van der Waals surface area contributed by atoms with Crippen molar-refractivity contribution in [2.75, 3.05) is 60.8 Å². The number of benzene rings is 3. The average Bonchev–Trinajstić information content (AvgIpc) is 3.11. The van der Waals surface area contributed by atoms with E-state index < -0.39 is 0 Å². The zero-order valence-electron chi connectivity index (χ0n) is 25.3. The molecule has 0 aliphatic heterocycles. The molecule has 0 atom stereocenters. The van der Waals surface area contributed by atoms with Gasteiger partial charge in [-0.15, -0.1) is 0 Å². The highest BCUT2D eigenvalue weighted by atomic mass is 16.5. The van der Waals surface area contributed by atoms with Crippen LogP contribution in [0.5, 0.6) is 34.5 Å². The molecule has 0 heterocycles. The SMILES string of the molecule is COc1cc2c(cc1OCCN=[N+]=[N-])Cc1cc(OC)c(OCCN=[N+]=[N-])cc1Cc1cc(OC)c(OCCN=[N+]=[N-])cc1C2. The second kappa shape index (κ2) is 16.3. The van der Waals surface area contributed by atoms with Gasteiger partial charge in [-0.05, 0) is 106 Å². The smallest absolute Gasteiger partial charge is 0.161 e. The molecule has 45 heavy (non-hydrogen) atoms. The summed E-state index contributed by atoms with van der Waals surface area (Å²) in [4.78, 5) is 8.36. The van der Waals surface area contributed by atoms with E-state index in [0.29, 0.717) is 53.8 Å². The summed E-state index contributed by atoms with van der Waals surface area (Å²) >= 11 is 0. The number of azide groups is 3. The predicted octanol–water partition coefficient (Wildman–Crippen LogP) is 6.87. The lowest BCUT2D eigenvalue weighted by Gasteiger charge is -2.18. The van der Waals surface area contributed by atoms with Crippen molar-refractivity contribution in [1.82, 2.24) is 0 Å². The van der Waals surface area contributed by atoms with Crippen molar-refractivity contribution in [1.29, 1.82) is 0 Å². The molecular weight excluding hydrogens is 582 g/mol. The molecule has 1 aliphatic carbocycles. The van der Waals surface area contributed by atoms with E-state index in [-0.39, 0.29) is 39.5 Å². The summed E-state index contributed by atoms with van der Waals surface area (Å²) in [6.45, 7) is 1.11. The van der Waals surface area contributed by atoms with Gasteiger partial charge in [0.2, 0.25) is 0 Å². The lowest BCUT2D eigenvalue weighted by Crippen LogP contribution is -2.06. The van der Waals surface area contributed by atoms with Crippen molar-refractivity contribution < 1.29 is 28.4 Å². The standard InChI is InChI=1S/C30H33N9O6/c1-40-25-13-19-10-23-17-29(44-8-5-35-38-32)27(42-3)15-21(23)12-24-18-30(45-9-6-36-39-33)26(41-2)14-20(24)11-22(19)16-28(25)43-7-4-34-37-31/h13-18H,4-12H2,1-3H3. The highest BCUT2D eigenvalue weighted by Crippen LogP contribution is 2.41. The molecular formula is C30H33N9O6. The Morgan fingerprint density at radius 2 is 0.711 bits per heavy atom. The van der Waals surface area contributed by atoms with Gasteiger partial charge in [0.05, 0.1) is 60.8 Å². The minimum absolute atomic E-state index is 0.177. The molecule has 3 aromatic rings. The number of hydrogen-bond donors (Lipinski definition) is 0. The van der Waals surface area contributed by atoms with Crippen LogP contribution in [0.4, 0.5) is 0 Å². The predicted molar refractivity (Wildman–Crippen MR) is 166 cm³/mol. The molecule has 0 radical (unpaired) electrons. The van der Waals surface area contributed by atoms with Crippen LogP contribution in [0.1, 0.15) is 33.4 Å². The summed E-state index contributed by atoms with van der Waals surface area (Å²) < 4.78 is 35.0. The monoisotopic (exact) mass is 615 g/mol. The third kappa shape index (κ3) is 8.27. The Morgan fingerprint density at radius 1 is 0.467 bits per heavy atom. The maximum absolute atomic E-state index is 8.64. The zero-order valence-corrected chi connectivity index (χ0v) is 25.3. The van der Waals surface area contributed by atoms with Crippen LogP contribution in [0, 0.1) is 0 Å². The van der Waals surface area contributed by atoms with Gasteiger partial charge < -0.3 is 28.4 Å². The van der Waals surface area contributed by atoms with Gasteiger partial charge in [0.25, 0.3) is 0 Å². The first-order valence-electron chi connectivity index (χ1n) is 14.0. The van der Waals surface area contributed by atoms with Crippen molar-refractivity contribution in [2.45, 2.75) is 19.3 Å². The molecule has 1 aliphatic rings. The normalized spacial score (nSPS) is 11.3. The van der Waals surface area contributed by atoms with E-state index in [2.05, 4.69) is 30.1 Å². The van der Waals surface area contributed by atoms with Crippen LogP contribution >= 0.6 is 0 Å². The Balaban J connectivity index is 1.86. The number of nitrogens with zero attached hydrogens (tertiary/aromatic N) is 9. The molecule has 15 nitrogen and oxygen atoms in total. The van der Waals surface area contributed by atoms with Gasteiger partial charge in [-0.3, -0.25) is 0 Å². The molecule has 0 amide bonds. The lowest BCUT2D eigenvalue weighted by atomic mass is 9.94. The fourth-order valence-electron chi connectivity index (χ4n) is 5.08. The van der Waals surface area contributed by atoms with Crippen LogP contribution in [0.3, 0.4) is 0 Å². The first kappa shape index (κ1) is 32.3. The largest absolute Gasteiger partial charge is 0.493 e. The van der Waals surface area contributed by atoms with Gasteiger partial charge in [0, 0.05) is 14.7 Å². The number of hydrogen-bond acceptors (Lipinski definition) is 9. The summed E-state index contributed by atoms with van der Waals surface area (Å²) in [6.07, 6.45) is 1.66. The fourth-order valence-corrected chi connectivity index (χ4v) is 5.08. The van der Waals surface area contributed by atoms with Crippen LogP contribution in [-0.4, -0.2) is 60.8 Å². The van der Waals surface area contributed by atoms with Crippen LogP contribution < -0.4 is 28.4 Å². The van der Waals surface area contributed by atoms with Gasteiger partial charge in [-0.1, -0.05) is 15.3 Å². The van der Waals surface area contributed by atoms with E-state index in [4.69, 9.17) is 45.0 Å². The summed E-state index contributed by atoms with van der Waals surface area (Å²) in [6, 6.07) is 11.8. The fraction of sp³-hybridized carbons (Fsp3) is 0.400. The van der Waals surface area contributed by atoms with E-state index >= 15 is 0 Å². The maximum Gasteiger partial charge on any atom is 0.161 e. The van der Waals surface area contributed by atoms with E-state index in [1.165, 1.54) is 0 Å². The molecule has 0 unspecified atom stereocenters. The van der Waals surface area contributed by atoms with Crippen molar-refractivity contribution in [3.05, 3.63) is 101 Å². The maximum atomic E-state index is 8.64. The Kier molecular flexibility index (Phi) is 11.7. The van der Waals surface area contributed by atoms with Crippen molar-refractivity contribution in [3.8, 4) is 34.5 Å². The minimum atomic E-state index is 0.177. The highest BCUT2D eigenvalue weighted by Gasteiger charge is 2.22. The van der Waals surface area contributed by atoms with Gasteiger partial charge >= 0.3 is 0 Å². The Bertz CT molecular complexity index is 1470. The molecule has 4 rings (SSSR count). The number of rotatable bonds is 15. The van der Waals surface area contributed by atoms with Crippen LogP contribution in [0.25, 0.3) is 31.3 Å². The molecule has 0 saturated heterocycles. The third-order valence-electron chi connectivity index (χ3n) is 7.14. The summed E-state index contributed by atoms with van der Waals surface area (Å²) in [5.41, 5.74) is 32.0. The summed E-state index contributed by atoms with van der Waals surface area (Å²) in [5.74, 6) is 3.26. The molecule has 0 bridgehead atoms. The molecule has 0 spiro atoms. The molecule has 0 fully saturated rings. The summed E-state index contributed by atoms with van der Waals surface area (Å²) in [5, 5.41) is 10.7. The molecule has 3 aromatic carbocycles. The number of ether oxygens (including phenoxy) is 6. The quantitative estimate of drug-likeness (QED) is 0.0604. The van der Waals surface area contributed by atoms with Gasteiger partial charge in [0.15, 0.2) is 34.5 Å². The Hall–Kier alpha value is -5.61. The molecule has 234 valence electrons. The van der Waals surface area contributed by atoms with Crippen molar-refractivity contribution in [3.63, 3.8) is 0 Å². The lowest BCUT2D eigenvalue weighted by molar-refractivity contribution is 0.301. The van der Waals surface area contributed by atoms with E-state index in [1.807, 2.05) is 36.4 Å². The first-order chi connectivity index (χ1) is 22.0. The second-order valence-electron chi connectivity index (χ2n) is 9.75. The highest BCUT2D eigenvalue weighted by molar-refractivity contribution is 5.58. The topological polar surface area (TPSA) is 202 Å². The Labute approximate surface area is 259 Å².